The Bertz CT molecular complexity index is 1390. The minimum Gasteiger partial charge on any atom is -0.340 e. The molecule has 0 bridgehead atoms. The number of fused-ring (bicyclic) bond motifs is 1. The summed E-state index contributed by atoms with van der Waals surface area (Å²) in [6.07, 6.45) is 6.75. The van der Waals surface area contributed by atoms with Crippen molar-refractivity contribution in [1.29, 1.82) is 0 Å². The van der Waals surface area contributed by atoms with Gasteiger partial charge in [0.25, 0.3) is 0 Å². The molecule has 0 radical (unpaired) electrons. The molecule has 4 aromatic rings. The van der Waals surface area contributed by atoms with Gasteiger partial charge in [0.1, 0.15) is 11.6 Å². The number of hydrogen-bond donors (Lipinski definition) is 2. The summed E-state index contributed by atoms with van der Waals surface area (Å²) in [4.78, 5) is 36.7. The maximum Gasteiger partial charge on any atom is 0.222 e. The molecule has 1 aliphatic carbocycles. The number of rotatable bonds is 7. The lowest BCUT2D eigenvalue weighted by Crippen LogP contribution is -2.46. The number of pyridine rings is 1. The molecule has 2 fully saturated rings. The zero-order chi connectivity index (χ0) is 24.5. The normalized spacial score (nSPS) is 16.4. The first-order valence-corrected chi connectivity index (χ1v) is 13.1. The quantitative estimate of drug-likeness (QED) is 0.360. The zero-order valence-corrected chi connectivity index (χ0v) is 21.0. The number of imidazole rings is 1. The van der Waals surface area contributed by atoms with E-state index in [-0.39, 0.29) is 0 Å². The summed E-state index contributed by atoms with van der Waals surface area (Å²) >= 11 is 1.71. The smallest absolute Gasteiger partial charge is 0.222 e. The van der Waals surface area contributed by atoms with Crippen LogP contribution >= 0.6 is 11.9 Å². The van der Waals surface area contributed by atoms with Crippen LogP contribution in [-0.2, 0) is 4.79 Å². The Hall–Kier alpha value is -3.50. The van der Waals surface area contributed by atoms with Gasteiger partial charge < -0.3 is 15.2 Å². The van der Waals surface area contributed by atoms with Crippen LogP contribution in [0, 0.1) is 12.8 Å². The molecule has 0 atom stereocenters. The summed E-state index contributed by atoms with van der Waals surface area (Å²) in [5.41, 5.74) is 3.68. The number of aromatic nitrogens is 5. The van der Waals surface area contributed by atoms with Crippen molar-refractivity contribution < 1.29 is 4.79 Å². The van der Waals surface area contributed by atoms with Crippen molar-refractivity contribution in [3.63, 3.8) is 0 Å². The minimum absolute atomic E-state index is 0.322. The number of hydrogen-bond acceptors (Lipinski definition) is 8. The van der Waals surface area contributed by atoms with Crippen LogP contribution in [0.5, 0.6) is 0 Å². The summed E-state index contributed by atoms with van der Waals surface area (Å²) in [6, 6.07) is 12.0. The average molecular weight is 501 g/mol. The molecule has 10 heteroatoms. The molecular weight excluding hydrogens is 472 g/mol. The third-order valence-corrected chi connectivity index (χ3v) is 7.61. The van der Waals surface area contributed by atoms with Crippen LogP contribution in [0.1, 0.15) is 25.1 Å². The number of nitrogens with one attached hydrogen (secondary N) is 2. The van der Waals surface area contributed by atoms with Crippen LogP contribution in [-0.4, -0.2) is 66.2 Å². The lowest BCUT2D eigenvalue weighted by Gasteiger charge is -2.34. The number of anilines is 2. The van der Waals surface area contributed by atoms with Gasteiger partial charge in [-0.3, -0.25) is 4.79 Å². The van der Waals surface area contributed by atoms with E-state index in [1.54, 1.807) is 24.3 Å². The molecule has 2 aliphatic rings. The van der Waals surface area contributed by atoms with E-state index in [4.69, 9.17) is 0 Å². The molecular formula is C26H28N8OS. The van der Waals surface area contributed by atoms with Gasteiger partial charge in [-0.25, -0.2) is 24.2 Å². The fourth-order valence-electron chi connectivity index (χ4n) is 4.38. The second-order valence-corrected chi connectivity index (χ2v) is 10.5. The van der Waals surface area contributed by atoms with E-state index in [9.17, 15) is 4.79 Å². The number of H-pyrrole nitrogens is 1. The Labute approximate surface area is 213 Å². The number of aromatic amines is 1. The standard InChI is InChI=1S/C26H28N8OS/c1-17-27-9-7-21(29-17)19-4-5-22-23(15-19)31-26(30-22)32-24-16-20(6-8-28-24)36-34-12-10-33(11-13-34)25(35)14-18-2-3-18/h4-9,15-16,18H,2-3,10-14H2,1H3,(H2,28,30,31,32). The van der Waals surface area contributed by atoms with Gasteiger partial charge in [0.2, 0.25) is 11.9 Å². The first-order valence-electron chi connectivity index (χ1n) is 12.3. The van der Waals surface area contributed by atoms with Crippen LogP contribution in [0.4, 0.5) is 11.8 Å². The fraction of sp³-hybridized carbons (Fsp3) is 0.346. The van der Waals surface area contributed by atoms with E-state index in [0.717, 1.165) is 71.4 Å². The fourth-order valence-corrected chi connectivity index (χ4v) is 5.31. The second-order valence-electron chi connectivity index (χ2n) is 9.36. The minimum atomic E-state index is 0.322. The van der Waals surface area contributed by atoms with Crippen molar-refractivity contribution in [2.24, 2.45) is 5.92 Å². The Kier molecular flexibility index (Phi) is 6.28. The van der Waals surface area contributed by atoms with E-state index in [2.05, 4.69) is 34.5 Å². The van der Waals surface area contributed by atoms with Crippen LogP contribution < -0.4 is 5.32 Å². The first-order chi connectivity index (χ1) is 17.6. The van der Waals surface area contributed by atoms with Gasteiger partial charge in [0.05, 0.1) is 16.7 Å². The molecule has 9 nitrogen and oxygen atoms in total. The molecule has 4 heterocycles. The monoisotopic (exact) mass is 500 g/mol. The summed E-state index contributed by atoms with van der Waals surface area (Å²) < 4.78 is 2.32. The molecule has 3 aromatic heterocycles. The van der Waals surface area contributed by atoms with E-state index in [1.807, 2.05) is 48.2 Å². The van der Waals surface area contributed by atoms with Crippen LogP contribution in [0.15, 0.2) is 53.7 Å². The van der Waals surface area contributed by atoms with Gasteiger partial charge in [-0.15, -0.1) is 0 Å². The summed E-state index contributed by atoms with van der Waals surface area (Å²) in [5, 5.41) is 3.30. The first kappa shape index (κ1) is 22.9. The van der Waals surface area contributed by atoms with E-state index in [0.29, 0.717) is 17.8 Å². The number of carbonyl (C=O) groups is 1. The number of benzene rings is 1. The highest BCUT2D eigenvalue weighted by Gasteiger charge is 2.28. The van der Waals surface area contributed by atoms with Gasteiger partial charge >= 0.3 is 0 Å². The average Bonchev–Trinajstić information content (AvgIpc) is 3.60. The molecule has 0 spiro atoms. The van der Waals surface area contributed by atoms with Crippen molar-refractivity contribution >= 4 is 40.7 Å². The predicted molar refractivity (Wildman–Crippen MR) is 141 cm³/mol. The number of amides is 1. The lowest BCUT2D eigenvalue weighted by atomic mass is 10.1. The van der Waals surface area contributed by atoms with Gasteiger partial charge in [-0.05, 0) is 68.0 Å². The summed E-state index contributed by atoms with van der Waals surface area (Å²) in [5.74, 6) is 3.07. The number of aryl methyl sites for hydroxylation is 1. The number of nitrogens with zero attached hydrogens (tertiary/aromatic N) is 6. The van der Waals surface area contributed by atoms with Crippen LogP contribution in [0.25, 0.3) is 22.3 Å². The van der Waals surface area contributed by atoms with Gasteiger partial charge in [-0.1, -0.05) is 6.07 Å². The van der Waals surface area contributed by atoms with Gasteiger partial charge in [0.15, 0.2) is 0 Å². The molecule has 0 unspecified atom stereocenters. The number of piperazine rings is 1. The third-order valence-electron chi connectivity index (χ3n) is 6.52. The molecule has 184 valence electrons. The maximum atomic E-state index is 12.4. The highest BCUT2D eigenvalue weighted by atomic mass is 32.2. The van der Waals surface area contributed by atoms with E-state index in [1.165, 1.54) is 12.8 Å². The molecule has 36 heavy (non-hydrogen) atoms. The second kappa shape index (κ2) is 9.87. The summed E-state index contributed by atoms with van der Waals surface area (Å²) in [6.45, 7) is 5.21. The third kappa shape index (κ3) is 5.34. The van der Waals surface area contributed by atoms with Crippen molar-refractivity contribution in [2.45, 2.75) is 31.1 Å². The largest absolute Gasteiger partial charge is 0.340 e. The molecule has 1 saturated carbocycles. The zero-order valence-electron chi connectivity index (χ0n) is 20.1. The highest BCUT2D eigenvalue weighted by molar-refractivity contribution is 7.97. The predicted octanol–water partition coefficient (Wildman–Crippen LogP) is 4.42. The Morgan fingerprint density at radius 3 is 2.69 bits per heavy atom. The Morgan fingerprint density at radius 2 is 1.89 bits per heavy atom. The lowest BCUT2D eigenvalue weighted by molar-refractivity contribution is -0.132. The van der Waals surface area contributed by atoms with Crippen molar-refractivity contribution in [3.05, 3.63) is 54.6 Å². The molecule has 1 aliphatic heterocycles. The number of carbonyl (C=O) groups excluding carboxylic acids is 1. The highest BCUT2D eigenvalue weighted by Crippen LogP contribution is 2.33. The van der Waals surface area contributed by atoms with Gasteiger partial charge in [-0.2, -0.15) is 0 Å². The van der Waals surface area contributed by atoms with Crippen LogP contribution in [0.3, 0.4) is 0 Å². The molecule has 2 N–H and O–H groups in total. The van der Waals surface area contributed by atoms with Crippen molar-refractivity contribution in [1.82, 2.24) is 34.1 Å². The molecule has 1 aromatic carbocycles. The van der Waals surface area contributed by atoms with Crippen molar-refractivity contribution in [2.75, 3.05) is 31.5 Å². The Morgan fingerprint density at radius 1 is 1.06 bits per heavy atom. The molecule has 6 rings (SSSR count). The van der Waals surface area contributed by atoms with E-state index >= 15 is 0 Å². The Balaban J connectivity index is 1.09. The van der Waals surface area contributed by atoms with Crippen LogP contribution in [0.2, 0.25) is 0 Å². The topological polar surface area (TPSA) is 103 Å². The molecule has 1 saturated heterocycles. The van der Waals surface area contributed by atoms with E-state index < -0.39 is 0 Å². The van der Waals surface area contributed by atoms with Crippen molar-refractivity contribution in [3.8, 4) is 11.3 Å². The SMILES string of the molecule is Cc1nccc(-c2ccc3nc(Nc4cc(SN5CCN(C(=O)CC6CC6)CC5)ccn4)[nH]c3c2)n1. The van der Waals surface area contributed by atoms with Gasteiger partial charge in [0, 0.05) is 55.5 Å². The molecule has 1 amide bonds. The maximum absolute atomic E-state index is 12.4. The summed E-state index contributed by atoms with van der Waals surface area (Å²) in [7, 11) is 0.